The average molecular weight is 519 g/mol. The molecule has 3 aromatic carbocycles. The summed E-state index contributed by atoms with van der Waals surface area (Å²) >= 11 is 0. The van der Waals surface area contributed by atoms with Crippen molar-refractivity contribution in [2.45, 2.75) is 6.92 Å². The molecule has 8 nitrogen and oxygen atoms in total. The molecule has 0 radical (unpaired) electrons. The fourth-order valence-corrected chi connectivity index (χ4v) is 4.76. The lowest BCUT2D eigenvalue weighted by Crippen LogP contribution is -2.47. The molecule has 0 saturated carbocycles. The van der Waals surface area contributed by atoms with Gasteiger partial charge in [-0.2, -0.15) is 0 Å². The second-order valence-corrected chi connectivity index (χ2v) is 8.82. The predicted octanol–water partition coefficient (Wildman–Crippen LogP) is 5.19. The Labute approximate surface area is 221 Å². The highest BCUT2D eigenvalue weighted by Crippen LogP contribution is 2.38. The van der Waals surface area contributed by atoms with Gasteiger partial charge in [-0.3, -0.25) is 0 Å². The molecule has 5 rings (SSSR count). The molecule has 0 N–H and O–H groups in total. The number of nitrogens with zero attached hydrogens (tertiary/aromatic N) is 4. The summed E-state index contributed by atoms with van der Waals surface area (Å²) in [6.45, 7) is 5.08. The van der Waals surface area contributed by atoms with E-state index in [1.807, 2.05) is 49.4 Å². The summed E-state index contributed by atoms with van der Waals surface area (Å²) in [6.07, 6.45) is 0. The SMILES string of the molecule is CCOc1cc2nc(-c3ccc(OC)c(OC)c3)nc(N3CCN(c4ccccc4F)CC3)c2cc1OC. The number of hydrogen-bond donors (Lipinski definition) is 0. The standard InChI is InChI=1S/C29H31FN4O4/c1-5-38-27-18-22-20(17-26(27)37-4)29(32-28(31-22)19-10-11-24(35-2)25(16-19)36-3)34-14-12-33(13-15-34)23-9-7-6-8-21(23)30/h6-11,16-18H,5,12-15H2,1-4H3. The van der Waals surface area contributed by atoms with E-state index in [9.17, 15) is 4.39 Å². The number of hydrogen-bond acceptors (Lipinski definition) is 8. The minimum atomic E-state index is -0.211. The molecule has 0 bridgehead atoms. The summed E-state index contributed by atoms with van der Waals surface area (Å²) in [4.78, 5) is 14.2. The Kier molecular flexibility index (Phi) is 7.35. The van der Waals surface area contributed by atoms with Crippen molar-refractivity contribution in [3.63, 3.8) is 0 Å². The van der Waals surface area contributed by atoms with E-state index in [-0.39, 0.29) is 5.82 Å². The molecule has 0 amide bonds. The van der Waals surface area contributed by atoms with E-state index in [1.165, 1.54) is 6.07 Å². The Morgan fingerprint density at radius 3 is 2.13 bits per heavy atom. The number of aromatic nitrogens is 2. The van der Waals surface area contributed by atoms with E-state index >= 15 is 0 Å². The van der Waals surface area contributed by atoms with Crippen LogP contribution in [0.15, 0.2) is 54.6 Å². The van der Waals surface area contributed by atoms with Crippen molar-refractivity contribution in [2.24, 2.45) is 0 Å². The molecule has 1 saturated heterocycles. The molecule has 0 unspecified atom stereocenters. The van der Waals surface area contributed by atoms with Crippen molar-refractivity contribution in [3.05, 3.63) is 60.4 Å². The van der Waals surface area contributed by atoms with Crippen molar-refractivity contribution in [2.75, 3.05) is 63.9 Å². The molecule has 1 aliphatic heterocycles. The number of ether oxygens (including phenoxy) is 4. The van der Waals surface area contributed by atoms with Gasteiger partial charge in [0.15, 0.2) is 28.8 Å². The summed E-state index contributed by atoms with van der Waals surface area (Å²) in [5.41, 5.74) is 2.15. The quantitative estimate of drug-likeness (QED) is 0.316. The molecule has 0 atom stereocenters. The number of para-hydroxylation sites is 1. The normalized spacial score (nSPS) is 13.5. The van der Waals surface area contributed by atoms with Crippen molar-refractivity contribution in [1.29, 1.82) is 0 Å². The molecule has 0 spiro atoms. The first kappa shape index (κ1) is 25.4. The number of piperazine rings is 1. The maximum atomic E-state index is 14.4. The first-order chi connectivity index (χ1) is 18.6. The van der Waals surface area contributed by atoms with Crippen LogP contribution in [0.3, 0.4) is 0 Å². The van der Waals surface area contributed by atoms with Gasteiger partial charge in [-0.05, 0) is 43.3 Å². The number of rotatable bonds is 8. The molecule has 0 aliphatic carbocycles. The number of halogens is 1. The Hall–Kier alpha value is -4.27. The van der Waals surface area contributed by atoms with Crippen LogP contribution < -0.4 is 28.7 Å². The molecule has 4 aromatic rings. The Morgan fingerprint density at radius 2 is 1.45 bits per heavy atom. The second kappa shape index (κ2) is 11.0. The van der Waals surface area contributed by atoms with Crippen LogP contribution in [0.25, 0.3) is 22.3 Å². The van der Waals surface area contributed by atoms with Crippen molar-refractivity contribution < 1.29 is 23.3 Å². The van der Waals surface area contributed by atoms with E-state index in [2.05, 4.69) is 9.80 Å². The fraction of sp³-hybridized carbons (Fsp3) is 0.310. The largest absolute Gasteiger partial charge is 0.493 e. The monoisotopic (exact) mass is 518 g/mol. The van der Waals surface area contributed by atoms with Crippen molar-refractivity contribution in [1.82, 2.24) is 9.97 Å². The van der Waals surface area contributed by atoms with Gasteiger partial charge in [-0.25, -0.2) is 14.4 Å². The molecule has 1 aromatic heterocycles. The number of benzene rings is 3. The van der Waals surface area contributed by atoms with Gasteiger partial charge in [0.25, 0.3) is 0 Å². The minimum Gasteiger partial charge on any atom is -0.493 e. The molecule has 2 heterocycles. The van der Waals surface area contributed by atoms with Gasteiger partial charge >= 0.3 is 0 Å². The Bertz CT molecular complexity index is 1440. The van der Waals surface area contributed by atoms with E-state index in [4.69, 9.17) is 28.9 Å². The summed E-state index contributed by atoms with van der Waals surface area (Å²) in [7, 11) is 4.82. The van der Waals surface area contributed by atoms with Gasteiger partial charge in [0.1, 0.15) is 11.6 Å². The number of anilines is 2. The van der Waals surface area contributed by atoms with E-state index in [0.717, 1.165) is 22.3 Å². The summed E-state index contributed by atoms with van der Waals surface area (Å²) in [5, 5.41) is 0.855. The van der Waals surface area contributed by atoms with Gasteiger partial charge in [0.2, 0.25) is 0 Å². The zero-order valence-electron chi connectivity index (χ0n) is 22.0. The minimum absolute atomic E-state index is 0.211. The summed E-state index contributed by atoms with van der Waals surface area (Å²) in [5.74, 6) is 3.59. The fourth-order valence-electron chi connectivity index (χ4n) is 4.76. The Balaban J connectivity index is 1.58. The molecular weight excluding hydrogens is 487 g/mol. The second-order valence-electron chi connectivity index (χ2n) is 8.82. The molecule has 1 fully saturated rings. The average Bonchev–Trinajstić information content (AvgIpc) is 2.96. The smallest absolute Gasteiger partial charge is 0.163 e. The first-order valence-electron chi connectivity index (χ1n) is 12.6. The molecule has 1 aliphatic rings. The Morgan fingerprint density at radius 1 is 0.763 bits per heavy atom. The highest BCUT2D eigenvalue weighted by molar-refractivity contribution is 5.93. The zero-order valence-corrected chi connectivity index (χ0v) is 22.0. The van der Waals surface area contributed by atoms with E-state index in [1.54, 1.807) is 27.4 Å². The molecule has 9 heteroatoms. The lowest BCUT2D eigenvalue weighted by atomic mass is 10.1. The van der Waals surface area contributed by atoms with Gasteiger partial charge in [0.05, 0.1) is 39.1 Å². The van der Waals surface area contributed by atoms with Gasteiger partial charge in [0, 0.05) is 43.2 Å². The number of methoxy groups -OCH3 is 3. The van der Waals surface area contributed by atoms with Crippen LogP contribution in [0.5, 0.6) is 23.0 Å². The third-order valence-corrected chi connectivity index (χ3v) is 6.67. The van der Waals surface area contributed by atoms with Crippen LogP contribution in [0.2, 0.25) is 0 Å². The first-order valence-corrected chi connectivity index (χ1v) is 12.6. The van der Waals surface area contributed by atoms with Crippen LogP contribution in [0.1, 0.15) is 6.92 Å². The summed E-state index contributed by atoms with van der Waals surface area (Å²) < 4.78 is 36.8. The third-order valence-electron chi connectivity index (χ3n) is 6.67. The van der Waals surface area contributed by atoms with Crippen LogP contribution >= 0.6 is 0 Å². The van der Waals surface area contributed by atoms with E-state index in [0.29, 0.717) is 67.3 Å². The molecular formula is C29H31FN4O4. The predicted molar refractivity (Wildman–Crippen MR) is 147 cm³/mol. The third kappa shape index (κ3) is 4.83. The van der Waals surface area contributed by atoms with Gasteiger partial charge in [-0.15, -0.1) is 0 Å². The highest BCUT2D eigenvalue weighted by Gasteiger charge is 2.24. The van der Waals surface area contributed by atoms with Crippen LogP contribution in [-0.2, 0) is 0 Å². The van der Waals surface area contributed by atoms with E-state index < -0.39 is 0 Å². The molecule has 38 heavy (non-hydrogen) atoms. The van der Waals surface area contributed by atoms with Crippen LogP contribution in [-0.4, -0.2) is 64.1 Å². The van der Waals surface area contributed by atoms with Gasteiger partial charge < -0.3 is 28.7 Å². The van der Waals surface area contributed by atoms with Crippen LogP contribution in [0.4, 0.5) is 15.9 Å². The maximum Gasteiger partial charge on any atom is 0.163 e. The van der Waals surface area contributed by atoms with Crippen molar-refractivity contribution >= 4 is 22.4 Å². The van der Waals surface area contributed by atoms with Gasteiger partial charge in [-0.1, -0.05) is 12.1 Å². The lowest BCUT2D eigenvalue weighted by molar-refractivity contribution is 0.311. The maximum absolute atomic E-state index is 14.4. The topological polar surface area (TPSA) is 69.2 Å². The molecule has 198 valence electrons. The summed E-state index contributed by atoms with van der Waals surface area (Å²) in [6, 6.07) is 16.3. The lowest BCUT2D eigenvalue weighted by Gasteiger charge is -2.37. The van der Waals surface area contributed by atoms with Crippen molar-refractivity contribution in [3.8, 4) is 34.4 Å². The zero-order chi connectivity index (χ0) is 26.6. The van der Waals surface area contributed by atoms with Crippen LogP contribution in [0, 0.1) is 5.82 Å². The highest BCUT2D eigenvalue weighted by atomic mass is 19.1. The number of fused-ring (bicyclic) bond motifs is 1.